The molecule has 3 rings (SSSR count). The maximum Gasteiger partial charge on any atom is 0.134 e. The summed E-state index contributed by atoms with van der Waals surface area (Å²) in [6.07, 6.45) is 1.76. The molecule has 2 aromatic rings. The minimum Gasteiger partial charge on any atom is -0.369 e. The lowest BCUT2D eigenvalue weighted by atomic mass is 10.2. The van der Waals surface area contributed by atoms with E-state index in [1.807, 2.05) is 11.5 Å². The SMILES string of the molecule is Cc1nncn1-c1cccc(N2CCNCC2)c1. The first-order valence-corrected chi connectivity index (χ1v) is 6.27. The van der Waals surface area contributed by atoms with Gasteiger partial charge in [0, 0.05) is 31.9 Å². The summed E-state index contributed by atoms with van der Waals surface area (Å²) in [6, 6.07) is 8.53. The van der Waals surface area contributed by atoms with Gasteiger partial charge in [-0.25, -0.2) is 0 Å². The highest BCUT2D eigenvalue weighted by Crippen LogP contribution is 2.19. The van der Waals surface area contributed by atoms with E-state index in [-0.39, 0.29) is 0 Å². The molecular weight excluding hydrogens is 226 g/mol. The minimum atomic E-state index is 0.910. The monoisotopic (exact) mass is 243 g/mol. The molecule has 5 heteroatoms. The predicted octanol–water partition coefficient (Wildman–Crippen LogP) is 0.985. The molecule has 0 amide bonds. The Morgan fingerprint density at radius 3 is 2.67 bits per heavy atom. The molecule has 0 bridgehead atoms. The van der Waals surface area contributed by atoms with Crippen LogP contribution in [0.2, 0.25) is 0 Å². The van der Waals surface area contributed by atoms with Crippen molar-refractivity contribution < 1.29 is 0 Å². The van der Waals surface area contributed by atoms with Gasteiger partial charge in [0.1, 0.15) is 12.2 Å². The molecule has 0 unspecified atom stereocenters. The molecule has 1 aromatic heterocycles. The van der Waals surface area contributed by atoms with Crippen LogP contribution in [0.5, 0.6) is 0 Å². The molecule has 1 saturated heterocycles. The summed E-state index contributed by atoms with van der Waals surface area (Å²) in [5, 5.41) is 11.3. The molecule has 1 fully saturated rings. The Kier molecular flexibility index (Phi) is 2.98. The van der Waals surface area contributed by atoms with Crippen molar-refractivity contribution in [2.24, 2.45) is 0 Å². The molecule has 0 saturated carbocycles. The van der Waals surface area contributed by atoms with Crippen molar-refractivity contribution >= 4 is 5.69 Å². The van der Waals surface area contributed by atoms with Gasteiger partial charge >= 0.3 is 0 Å². The predicted molar refractivity (Wildman–Crippen MR) is 71.2 cm³/mol. The van der Waals surface area contributed by atoms with Gasteiger partial charge < -0.3 is 10.2 Å². The zero-order valence-corrected chi connectivity index (χ0v) is 10.5. The maximum atomic E-state index is 4.02. The quantitative estimate of drug-likeness (QED) is 0.854. The van der Waals surface area contributed by atoms with Crippen molar-refractivity contribution in [2.45, 2.75) is 6.92 Å². The zero-order chi connectivity index (χ0) is 12.4. The summed E-state index contributed by atoms with van der Waals surface area (Å²) in [7, 11) is 0. The third kappa shape index (κ3) is 2.09. The first-order chi connectivity index (χ1) is 8.84. The highest BCUT2D eigenvalue weighted by atomic mass is 15.3. The summed E-state index contributed by atoms with van der Waals surface area (Å²) in [5.74, 6) is 0.910. The fourth-order valence-corrected chi connectivity index (χ4v) is 2.31. The number of piperazine rings is 1. The van der Waals surface area contributed by atoms with Crippen molar-refractivity contribution in [3.05, 3.63) is 36.4 Å². The van der Waals surface area contributed by atoms with Crippen LogP contribution in [0.15, 0.2) is 30.6 Å². The van der Waals surface area contributed by atoms with E-state index < -0.39 is 0 Å². The summed E-state index contributed by atoms with van der Waals surface area (Å²) in [6.45, 7) is 6.19. The van der Waals surface area contributed by atoms with E-state index in [1.165, 1.54) is 5.69 Å². The van der Waals surface area contributed by atoms with Gasteiger partial charge in [-0.2, -0.15) is 0 Å². The van der Waals surface area contributed by atoms with Crippen LogP contribution >= 0.6 is 0 Å². The van der Waals surface area contributed by atoms with E-state index in [0.29, 0.717) is 0 Å². The molecular formula is C13H17N5. The highest BCUT2D eigenvalue weighted by Gasteiger charge is 2.11. The molecule has 1 aliphatic rings. The van der Waals surface area contributed by atoms with Gasteiger partial charge in [0.05, 0.1) is 5.69 Å². The van der Waals surface area contributed by atoms with Crippen LogP contribution in [0.3, 0.4) is 0 Å². The number of hydrogen-bond acceptors (Lipinski definition) is 4. The molecule has 0 spiro atoms. The number of aromatic nitrogens is 3. The molecule has 0 radical (unpaired) electrons. The van der Waals surface area contributed by atoms with E-state index >= 15 is 0 Å². The normalized spacial score (nSPS) is 15.9. The van der Waals surface area contributed by atoms with E-state index in [1.54, 1.807) is 6.33 Å². The molecule has 94 valence electrons. The molecule has 2 heterocycles. The number of aryl methyl sites for hydroxylation is 1. The number of hydrogen-bond donors (Lipinski definition) is 1. The lowest BCUT2D eigenvalue weighted by Gasteiger charge is -2.29. The number of nitrogens with zero attached hydrogens (tertiary/aromatic N) is 4. The fraction of sp³-hybridized carbons (Fsp3) is 0.385. The fourth-order valence-electron chi connectivity index (χ4n) is 2.31. The summed E-state index contributed by atoms with van der Waals surface area (Å²) in [5.41, 5.74) is 2.38. The number of benzene rings is 1. The van der Waals surface area contributed by atoms with Gasteiger partial charge in [-0.15, -0.1) is 10.2 Å². The maximum absolute atomic E-state index is 4.02. The second-order valence-electron chi connectivity index (χ2n) is 4.51. The number of anilines is 1. The van der Waals surface area contributed by atoms with Crippen LogP contribution < -0.4 is 10.2 Å². The van der Waals surface area contributed by atoms with E-state index in [0.717, 1.165) is 37.7 Å². The van der Waals surface area contributed by atoms with Crippen molar-refractivity contribution in [2.75, 3.05) is 31.1 Å². The smallest absolute Gasteiger partial charge is 0.134 e. The summed E-state index contributed by atoms with van der Waals surface area (Å²) >= 11 is 0. The Morgan fingerprint density at radius 2 is 1.94 bits per heavy atom. The van der Waals surface area contributed by atoms with Crippen LogP contribution in [0.1, 0.15) is 5.82 Å². The van der Waals surface area contributed by atoms with Gasteiger partial charge in [0.2, 0.25) is 0 Å². The van der Waals surface area contributed by atoms with Crippen LogP contribution in [-0.2, 0) is 0 Å². The standard InChI is InChI=1S/C13H17N5/c1-11-16-15-10-18(11)13-4-2-3-12(9-13)17-7-5-14-6-8-17/h2-4,9-10,14H,5-8H2,1H3. The van der Waals surface area contributed by atoms with E-state index in [4.69, 9.17) is 0 Å². The van der Waals surface area contributed by atoms with Crippen molar-refractivity contribution in [3.63, 3.8) is 0 Å². The number of rotatable bonds is 2. The van der Waals surface area contributed by atoms with Crippen LogP contribution in [0.25, 0.3) is 5.69 Å². The van der Waals surface area contributed by atoms with E-state index in [9.17, 15) is 0 Å². The Bertz CT molecular complexity index is 528. The van der Waals surface area contributed by atoms with Crippen molar-refractivity contribution in [1.29, 1.82) is 0 Å². The van der Waals surface area contributed by atoms with Gasteiger partial charge in [0.25, 0.3) is 0 Å². The largest absolute Gasteiger partial charge is 0.369 e. The van der Waals surface area contributed by atoms with Crippen LogP contribution in [-0.4, -0.2) is 40.9 Å². The van der Waals surface area contributed by atoms with Gasteiger partial charge in [0.15, 0.2) is 0 Å². The minimum absolute atomic E-state index is 0.910. The number of nitrogens with one attached hydrogen (secondary N) is 1. The van der Waals surface area contributed by atoms with Crippen molar-refractivity contribution in [3.8, 4) is 5.69 Å². The Hall–Kier alpha value is -1.88. The highest BCUT2D eigenvalue weighted by molar-refractivity contribution is 5.53. The average molecular weight is 243 g/mol. The molecule has 1 aromatic carbocycles. The lowest BCUT2D eigenvalue weighted by Crippen LogP contribution is -2.43. The second-order valence-corrected chi connectivity index (χ2v) is 4.51. The lowest BCUT2D eigenvalue weighted by molar-refractivity contribution is 0.589. The zero-order valence-electron chi connectivity index (χ0n) is 10.5. The van der Waals surface area contributed by atoms with Crippen LogP contribution in [0.4, 0.5) is 5.69 Å². The third-order valence-electron chi connectivity index (χ3n) is 3.31. The molecule has 1 aliphatic heterocycles. The average Bonchev–Trinajstić information content (AvgIpc) is 2.86. The van der Waals surface area contributed by atoms with Crippen molar-refractivity contribution in [1.82, 2.24) is 20.1 Å². The topological polar surface area (TPSA) is 46.0 Å². The second kappa shape index (κ2) is 4.78. The summed E-state index contributed by atoms with van der Waals surface area (Å²) in [4.78, 5) is 2.40. The first-order valence-electron chi connectivity index (χ1n) is 6.27. The van der Waals surface area contributed by atoms with E-state index in [2.05, 4.69) is 44.7 Å². The van der Waals surface area contributed by atoms with Gasteiger partial charge in [-0.3, -0.25) is 4.57 Å². The van der Waals surface area contributed by atoms with Gasteiger partial charge in [-0.1, -0.05) is 6.07 Å². The summed E-state index contributed by atoms with van der Waals surface area (Å²) < 4.78 is 2.01. The van der Waals surface area contributed by atoms with Crippen LogP contribution in [0, 0.1) is 6.92 Å². The molecule has 1 N–H and O–H groups in total. The Balaban J connectivity index is 1.91. The molecule has 5 nitrogen and oxygen atoms in total. The molecule has 0 aliphatic carbocycles. The van der Waals surface area contributed by atoms with Gasteiger partial charge in [-0.05, 0) is 25.1 Å². The molecule has 18 heavy (non-hydrogen) atoms. The molecule has 0 atom stereocenters. The Morgan fingerprint density at radius 1 is 1.17 bits per heavy atom. The Labute approximate surface area is 106 Å². The third-order valence-corrected chi connectivity index (χ3v) is 3.31. The first kappa shape index (κ1) is 11.2.